The van der Waals surface area contributed by atoms with Crippen molar-refractivity contribution in [2.75, 3.05) is 12.4 Å². The van der Waals surface area contributed by atoms with Crippen molar-refractivity contribution in [3.05, 3.63) is 51.7 Å². The van der Waals surface area contributed by atoms with Crippen LogP contribution in [0.2, 0.25) is 0 Å². The molecule has 0 saturated carbocycles. The molecule has 1 aromatic carbocycles. The number of carbonyl (C=O) groups excluding carboxylic acids is 2. The van der Waals surface area contributed by atoms with Crippen molar-refractivity contribution in [1.82, 2.24) is 0 Å². The van der Waals surface area contributed by atoms with Crippen molar-refractivity contribution in [3.63, 3.8) is 0 Å². The summed E-state index contributed by atoms with van der Waals surface area (Å²) in [4.78, 5) is 23.4. The van der Waals surface area contributed by atoms with Gasteiger partial charge in [0.25, 0.3) is 0 Å². The lowest BCUT2D eigenvalue weighted by Crippen LogP contribution is -2.30. The van der Waals surface area contributed by atoms with E-state index in [9.17, 15) is 22.8 Å². The van der Waals surface area contributed by atoms with Crippen LogP contribution in [-0.2, 0) is 9.53 Å². The number of amides is 1. The molecule has 0 fully saturated rings. The number of esters is 1. The predicted molar refractivity (Wildman–Crippen MR) is 82.8 cm³/mol. The highest BCUT2D eigenvalue weighted by Crippen LogP contribution is 2.22. The number of benzene rings is 1. The van der Waals surface area contributed by atoms with Crippen molar-refractivity contribution in [2.24, 2.45) is 0 Å². The summed E-state index contributed by atoms with van der Waals surface area (Å²) < 4.78 is 41.9. The Balaban J connectivity index is 2.41. The topological polar surface area (TPSA) is 55.4 Å². The number of hydrogen-bond acceptors (Lipinski definition) is 4. The predicted octanol–water partition coefficient (Wildman–Crippen LogP) is 3.44. The molecule has 0 saturated heterocycles. The number of rotatable bonds is 2. The molecule has 0 atom stereocenters. The summed E-state index contributed by atoms with van der Waals surface area (Å²) in [5.74, 6) is 2.57. The second kappa shape index (κ2) is 7.19. The molecule has 0 radical (unpaired) electrons. The molecule has 2 aromatic rings. The molecule has 1 amide bonds. The monoisotopic (exact) mass is 353 g/mol. The summed E-state index contributed by atoms with van der Waals surface area (Å²) in [7, 11) is 1.14. The minimum absolute atomic E-state index is 0.00310. The molecule has 24 heavy (non-hydrogen) atoms. The van der Waals surface area contributed by atoms with E-state index in [4.69, 9.17) is 0 Å². The second-order valence-electron chi connectivity index (χ2n) is 4.43. The summed E-state index contributed by atoms with van der Waals surface area (Å²) in [6.45, 7) is 0. The van der Waals surface area contributed by atoms with Crippen molar-refractivity contribution < 1.29 is 27.5 Å². The summed E-state index contributed by atoms with van der Waals surface area (Å²) >= 11 is 1.36. The fourth-order valence-corrected chi connectivity index (χ4v) is 2.24. The van der Waals surface area contributed by atoms with Crippen LogP contribution in [0.15, 0.2) is 35.7 Å². The van der Waals surface area contributed by atoms with Crippen LogP contribution in [0.4, 0.5) is 18.9 Å². The zero-order chi connectivity index (χ0) is 17.7. The molecule has 8 heteroatoms. The van der Waals surface area contributed by atoms with Gasteiger partial charge in [0.1, 0.15) is 0 Å². The van der Waals surface area contributed by atoms with Gasteiger partial charge in [0.15, 0.2) is 0 Å². The fraction of sp³-hybridized carbons (Fsp3) is 0.125. The fourth-order valence-electron chi connectivity index (χ4n) is 1.67. The van der Waals surface area contributed by atoms with Gasteiger partial charge in [-0.1, -0.05) is 17.9 Å². The SMILES string of the molecule is COC(=O)c1ccc(C#Cc2cccs2)c(NC(=O)C(F)(F)F)c1. The van der Waals surface area contributed by atoms with Crippen molar-refractivity contribution in [2.45, 2.75) is 6.18 Å². The Bertz CT molecular complexity index is 817. The normalized spacial score (nSPS) is 10.5. The molecule has 1 heterocycles. The lowest BCUT2D eigenvalue weighted by atomic mass is 10.1. The standard InChI is InChI=1S/C16H10F3NO3S/c1-23-14(21)11-5-4-10(6-7-12-3-2-8-24-12)13(9-11)20-15(22)16(17,18)19/h2-5,8-9H,1H3,(H,20,22). The number of carbonyl (C=O) groups is 2. The third-order valence-electron chi connectivity index (χ3n) is 2.79. The highest BCUT2D eigenvalue weighted by Gasteiger charge is 2.39. The van der Waals surface area contributed by atoms with Gasteiger partial charge in [-0.2, -0.15) is 13.2 Å². The minimum atomic E-state index is -5.06. The van der Waals surface area contributed by atoms with E-state index in [0.717, 1.165) is 13.2 Å². The Kier molecular flexibility index (Phi) is 5.26. The van der Waals surface area contributed by atoms with Crippen molar-refractivity contribution in [3.8, 4) is 11.8 Å². The number of halogens is 3. The van der Waals surface area contributed by atoms with E-state index in [1.807, 2.05) is 0 Å². The summed E-state index contributed by atoms with van der Waals surface area (Å²) in [5.41, 5.74) is -0.0745. The molecule has 124 valence electrons. The van der Waals surface area contributed by atoms with Gasteiger partial charge in [0.2, 0.25) is 0 Å². The number of alkyl halides is 3. The number of ether oxygens (including phenoxy) is 1. The summed E-state index contributed by atoms with van der Waals surface area (Å²) in [6, 6.07) is 7.32. The van der Waals surface area contributed by atoms with E-state index in [1.54, 1.807) is 22.8 Å². The highest BCUT2D eigenvalue weighted by atomic mass is 32.1. The van der Waals surface area contributed by atoms with E-state index in [2.05, 4.69) is 16.6 Å². The van der Waals surface area contributed by atoms with E-state index in [1.165, 1.54) is 23.5 Å². The molecule has 0 spiro atoms. The first kappa shape index (κ1) is 17.6. The molecular weight excluding hydrogens is 343 g/mol. The Hall–Kier alpha value is -2.79. The van der Waals surface area contributed by atoms with E-state index in [0.29, 0.717) is 4.88 Å². The van der Waals surface area contributed by atoms with Crippen LogP contribution in [-0.4, -0.2) is 25.2 Å². The third-order valence-corrected chi connectivity index (χ3v) is 3.57. The molecule has 1 N–H and O–H groups in total. The zero-order valence-corrected chi connectivity index (χ0v) is 13.0. The Morgan fingerprint density at radius 2 is 1.96 bits per heavy atom. The zero-order valence-electron chi connectivity index (χ0n) is 12.2. The summed E-state index contributed by atoms with van der Waals surface area (Å²) in [6.07, 6.45) is -5.06. The molecule has 0 aliphatic carbocycles. The quantitative estimate of drug-likeness (QED) is 0.665. The van der Waals surface area contributed by atoms with Gasteiger partial charge in [-0.05, 0) is 29.6 Å². The van der Waals surface area contributed by atoms with Gasteiger partial charge in [0, 0.05) is 5.56 Å². The van der Waals surface area contributed by atoms with Crippen LogP contribution in [0, 0.1) is 11.8 Å². The molecule has 1 aromatic heterocycles. The molecule has 0 aliphatic rings. The Morgan fingerprint density at radius 3 is 2.54 bits per heavy atom. The number of thiophene rings is 1. The molecule has 0 unspecified atom stereocenters. The largest absolute Gasteiger partial charge is 0.471 e. The van der Waals surface area contributed by atoms with E-state index >= 15 is 0 Å². The molecule has 2 rings (SSSR count). The first-order valence-corrected chi connectivity index (χ1v) is 7.35. The average Bonchev–Trinajstić information content (AvgIpc) is 3.05. The maximum absolute atomic E-state index is 12.5. The van der Waals surface area contributed by atoms with Crippen molar-refractivity contribution >= 4 is 28.9 Å². The first-order chi connectivity index (χ1) is 11.3. The van der Waals surface area contributed by atoms with Crippen LogP contribution in [0.25, 0.3) is 0 Å². The Morgan fingerprint density at radius 1 is 1.21 bits per heavy atom. The van der Waals surface area contributed by atoms with Crippen LogP contribution in [0.3, 0.4) is 0 Å². The average molecular weight is 353 g/mol. The van der Waals surface area contributed by atoms with Crippen LogP contribution >= 0.6 is 11.3 Å². The van der Waals surface area contributed by atoms with E-state index < -0.39 is 18.1 Å². The van der Waals surface area contributed by atoms with Crippen molar-refractivity contribution in [1.29, 1.82) is 0 Å². The van der Waals surface area contributed by atoms with Gasteiger partial charge < -0.3 is 10.1 Å². The minimum Gasteiger partial charge on any atom is -0.465 e. The van der Waals surface area contributed by atoms with Gasteiger partial charge in [-0.25, -0.2) is 4.79 Å². The smallest absolute Gasteiger partial charge is 0.465 e. The highest BCUT2D eigenvalue weighted by molar-refractivity contribution is 7.10. The number of methoxy groups -OCH3 is 1. The maximum Gasteiger partial charge on any atom is 0.471 e. The summed E-state index contributed by atoms with van der Waals surface area (Å²) in [5, 5.41) is 3.53. The lowest BCUT2D eigenvalue weighted by Gasteiger charge is -2.11. The molecule has 4 nitrogen and oxygen atoms in total. The van der Waals surface area contributed by atoms with Crippen LogP contribution < -0.4 is 5.32 Å². The van der Waals surface area contributed by atoms with Gasteiger partial charge in [-0.3, -0.25) is 4.79 Å². The number of hydrogen-bond donors (Lipinski definition) is 1. The molecule has 0 bridgehead atoms. The molecule has 0 aliphatic heterocycles. The lowest BCUT2D eigenvalue weighted by molar-refractivity contribution is -0.167. The maximum atomic E-state index is 12.5. The molecular formula is C16H10F3NO3S. The van der Waals surface area contributed by atoms with Gasteiger partial charge >= 0.3 is 18.1 Å². The van der Waals surface area contributed by atoms with Crippen LogP contribution in [0.5, 0.6) is 0 Å². The van der Waals surface area contributed by atoms with Crippen LogP contribution in [0.1, 0.15) is 20.8 Å². The number of anilines is 1. The Labute approximate surface area is 139 Å². The second-order valence-corrected chi connectivity index (χ2v) is 5.38. The van der Waals surface area contributed by atoms with Gasteiger partial charge in [0.05, 0.1) is 23.2 Å². The van der Waals surface area contributed by atoms with E-state index in [-0.39, 0.29) is 16.8 Å². The van der Waals surface area contributed by atoms with Gasteiger partial charge in [-0.15, -0.1) is 11.3 Å². The first-order valence-electron chi connectivity index (χ1n) is 6.47. The number of nitrogens with one attached hydrogen (secondary N) is 1. The third kappa shape index (κ3) is 4.36.